The highest BCUT2D eigenvalue weighted by atomic mass is 28.4. The van der Waals surface area contributed by atoms with E-state index in [1.165, 1.54) is 5.57 Å². The summed E-state index contributed by atoms with van der Waals surface area (Å²) in [6, 6.07) is 30.5. The lowest BCUT2D eigenvalue weighted by Crippen LogP contribution is -2.69. The van der Waals surface area contributed by atoms with Crippen LogP contribution >= 0.6 is 0 Å². The van der Waals surface area contributed by atoms with Gasteiger partial charge in [-0.25, -0.2) is 4.79 Å². The summed E-state index contributed by atoms with van der Waals surface area (Å²) in [7, 11) is -3.12. The number of esters is 1. The standard InChI is InChI=1S/C53H70O5Si/c1-47(2,3)59(38-21-15-11-16-22-38,39-23-17-12-18-24-39)58-46(56)53-33-31-48(4,5)35-41(53)40-25-26-43-49(6)29-28-44(54)50(7,36-57-45(55)37-19-13-10-14-20-37)42(49)27-30-52(43,9)51(40,8)32-34-53/h10-25,41-44,54H,26-36H2,1-9H3/t41-,42-,43-,44+,49+,50+,51-,52-,53+/m1/s1. The summed E-state index contributed by atoms with van der Waals surface area (Å²) in [5.74, 6) is 0.457. The van der Waals surface area contributed by atoms with Crippen molar-refractivity contribution in [3.63, 3.8) is 0 Å². The summed E-state index contributed by atoms with van der Waals surface area (Å²) in [4.78, 5) is 29.0. The smallest absolute Gasteiger partial charge is 0.338 e. The highest BCUT2D eigenvalue weighted by Crippen LogP contribution is 2.76. The van der Waals surface area contributed by atoms with Gasteiger partial charge in [-0.05, 0) is 131 Å². The molecule has 3 aromatic rings. The first-order valence-electron chi connectivity index (χ1n) is 22.7. The van der Waals surface area contributed by atoms with Crippen molar-refractivity contribution in [3.05, 3.63) is 108 Å². The van der Waals surface area contributed by atoms with Gasteiger partial charge in [0.2, 0.25) is 0 Å². The minimum Gasteiger partial charge on any atom is -0.509 e. The number of ether oxygens (including phenoxy) is 1. The highest BCUT2D eigenvalue weighted by molar-refractivity contribution is 7.00. The SMILES string of the molecule is CC1(C)CC[C@]2(C(=O)O[Si](c3ccccc3)(c3ccccc3)C(C)(C)C)CC[C@]3(C)C(=CC[C@@H]4[C@@]5(C)CC[C@H](O)[C@@](C)(COC(=O)c6ccccc6)[C@@H]5CC[C@]43C)[C@H]2C1. The van der Waals surface area contributed by atoms with E-state index in [-0.39, 0.29) is 57.1 Å². The van der Waals surface area contributed by atoms with Crippen LogP contribution in [0.3, 0.4) is 0 Å². The predicted molar refractivity (Wildman–Crippen MR) is 240 cm³/mol. The molecule has 59 heavy (non-hydrogen) atoms. The van der Waals surface area contributed by atoms with Crippen molar-refractivity contribution < 1.29 is 23.9 Å². The van der Waals surface area contributed by atoms with Gasteiger partial charge in [0.15, 0.2) is 0 Å². The Labute approximate surface area is 355 Å². The summed E-state index contributed by atoms with van der Waals surface area (Å²) in [6.45, 7) is 21.7. The van der Waals surface area contributed by atoms with Crippen LogP contribution < -0.4 is 10.4 Å². The van der Waals surface area contributed by atoms with E-state index >= 15 is 4.79 Å². The van der Waals surface area contributed by atoms with Gasteiger partial charge in [0, 0.05) is 5.41 Å². The molecule has 4 fully saturated rings. The van der Waals surface area contributed by atoms with Crippen molar-refractivity contribution in [2.75, 3.05) is 6.61 Å². The van der Waals surface area contributed by atoms with Crippen molar-refractivity contribution in [3.8, 4) is 0 Å². The number of benzene rings is 3. The zero-order valence-corrected chi connectivity index (χ0v) is 38.4. The Morgan fingerprint density at radius 3 is 1.90 bits per heavy atom. The molecule has 0 spiro atoms. The summed E-state index contributed by atoms with van der Waals surface area (Å²) >= 11 is 0. The molecule has 5 aliphatic rings. The number of aliphatic hydroxyl groups is 1. The summed E-state index contributed by atoms with van der Waals surface area (Å²) in [5.41, 5.74) is 0.980. The molecule has 8 rings (SSSR count). The van der Waals surface area contributed by atoms with Gasteiger partial charge < -0.3 is 14.3 Å². The van der Waals surface area contributed by atoms with E-state index in [1.807, 2.05) is 18.2 Å². The molecular weight excluding hydrogens is 745 g/mol. The highest BCUT2D eigenvalue weighted by Gasteiger charge is 2.70. The average Bonchev–Trinajstić information content (AvgIpc) is 3.21. The van der Waals surface area contributed by atoms with Gasteiger partial charge >= 0.3 is 14.3 Å². The second kappa shape index (κ2) is 14.6. The fraction of sp³-hybridized carbons (Fsp3) is 0.585. The number of allylic oxidation sites excluding steroid dienone is 2. The molecule has 5 nitrogen and oxygen atoms in total. The maximum absolute atomic E-state index is 15.8. The molecule has 9 atom stereocenters. The van der Waals surface area contributed by atoms with Gasteiger partial charge in [0.05, 0.1) is 23.7 Å². The third kappa shape index (κ3) is 6.38. The fourth-order valence-corrected chi connectivity index (χ4v) is 18.8. The van der Waals surface area contributed by atoms with Crippen molar-refractivity contribution >= 4 is 30.6 Å². The molecular formula is C53H70O5Si. The Morgan fingerprint density at radius 2 is 1.31 bits per heavy atom. The molecule has 0 amide bonds. The third-order valence-electron chi connectivity index (χ3n) is 18.0. The number of aliphatic hydroxyl groups excluding tert-OH is 1. The van der Waals surface area contributed by atoms with E-state index in [0.717, 1.165) is 68.2 Å². The lowest BCUT2D eigenvalue weighted by molar-refractivity contribution is -0.216. The molecule has 316 valence electrons. The molecule has 3 aromatic carbocycles. The molecule has 6 heteroatoms. The number of rotatable bonds is 7. The van der Waals surface area contributed by atoms with Crippen LogP contribution in [0.5, 0.6) is 0 Å². The predicted octanol–water partition coefficient (Wildman–Crippen LogP) is 11.1. The van der Waals surface area contributed by atoms with E-state index in [0.29, 0.717) is 17.9 Å². The van der Waals surface area contributed by atoms with Crippen molar-refractivity contribution in [1.29, 1.82) is 0 Å². The molecule has 0 aromatic heterocycles. The molecule has 1 N–H and O–H groups in total. The summed E-state index contributed by atoms with van der Waals surface area (Å²) in [5, 5.41) is 13.8. The van der Waals surface area contributed by atoms with Gasteiger partial charge in [-0.15, -0.1) is 0 Å². The molecule has 0 radical (unpaired) electrons. The van der Waals surface area contributed by atoms with Crippen LogP contribution in [0.15, 0.2) is 103 Å². The molecule has 0 aliphatic heterocycles. The van der Waals surface area contributed by atoms with Crippen molar-refractivity contribution in [2.45, 2.75) is 138 Å². The fourth-order valence-electron chi connectivity index (χ4n) is 14.4. The van der Waals surface area contributed by atoms with E-state index in [4.69, 9.17) is 9.16 Å². The number of carbonyl (C=O) groups is 2. The number of hydrogen-bond acceptors (Lipinski definition) is 5. The number of fused-ring (bicyclic) bond motifs is 7. The Bertz CT molecular complexity index is 2030. The van der Waals surface area contributed by atoms with E-state index in [2.05, 4.69) is 129 Å². The largest absolute Gasteiger partial charge is 0.509 e. The monoisotopic (exact) mass is 814 g/mol. The topological polar surface area (TPSA) is 72.8 Å². The second-order valence-electron chi connectivity index (χ2n) is 22.4. The molecule has 0 unspecified atom stereocenters. The normalized spacial score (nSPS) is 36.4. The van der Waals surface area contributed by atoms with Crippen LogP contribution in [-0.2, 0) is 14.0 Å². The van der Waals surface area contributed by atoms with Gasteiger partial charge in [0.1, 0.15) is 0 Å². The lowest BCUT2D eigenvalue weighted by atomic mass is 9.33. The van der Waals surface area contributed by atoms with Crippen molar-refractivity contribution in [2.24, 2.45) is 50.2 Å². The lowest BCUT2D eigenvalue weighted by Gasteiger charge is -2.71. The quantitative estimate of drug-likeness (QED) is 0.146. The summed E-state index contributed by atoms with van der Waals surface area (Å²) < 4.78 is 13.6. The van der Waals surface area contributed by atoms with Crippen LogP contribution in [0, 0.1) is 50.2 Å². The zero-order chi connectivity index (χ0) is 42.3. The van der Waals surface area contributed by atoms with Crippen LogP contribution in [0.1, 0.15) is 137 Å². The summed E-state index contributed by atoms with van der Waals surface area (Å²) in [6.07, 6.45) is 11.4. The Balaban J connectivity index is 1.16. The first-order valence-corrected chi connectivity index (χ1v) is 24.6. The minimum absolute atomic E-state index is 0.0158. The van der Waals surface area contributed by atoms with Gasteiger partial charge in [-0.3, -0.25) is 4.79 Å². The van der Waals surface area contributed by atoms with Gasteiger partial charge in [-0.1, -0.05) is 153 Å². The van der Waals surface area contributed by atoms with Crippen LogP contribution in [0.2, 0.25) is 5.04 Å². The Kier molecular flexibility index (Phi) is 10.4. The van der Waals surface area contributed by atoms with Gasteiger partial charge in [-0.2, -0.15) is 0 Å². The number of carbonyl (C=O) groups excluding carboxylic acids is 2. The molecule has 0 saturated heterocycles. The first-order chi connectivity index (χ1) is 27.8. The van der Waals surface area contributed by atoms with Gasteiger partial charge in [0.25, 0.3) is 5.97 Å². The number of hydrogen-bond donors (Lipinski definition) is 1. The molecule has 0 bridgehead atoms. The second-order valence-corrected chi connectivity index (χ2v) is 26.6. The van der Waals surface area contributed by atoms with E-state index < -0.39 is 25.3 Å². The molecule has 5 aliphatic carbocycles. The molecule has 0 heterocycles. The van der Waals surface area contributed by atoms with Crippen molar-refractivity contribution in [1.82, 2.24) is 0 Å². The van der Waals surface area contributed by atoms with Crippen LogP contribution in [-0.4, -0.2) is 38.1 Å². The maximum Gasteiger partial charge on any atom is 0.338 e. The maximum atomic E-state index is 15.8. The first kappa shape index (κ1) is 42.2. The van der Waals surface area contributed by atoms with E-state index in [1.54, 1.807) is 12.1 Å². The Morgan fingerprint density at radius 1 is 0.729 bits per heavy atom. The average molecular weight is 815 g/mol. The van der Waals surface area contributed by atoms with E-state index in [9.17, 15) is 9.90 Å². The molecule has 4 saturated carbocycles. The minimum atomic E-state index is -3.12. The Hall–Kier alpha value is -3.48. The van der Waals surface area contributed by atoms with Crippen LogP contribution in [0.25, 0.3) is 0 Å². The third-order valence-corrected chi connectivity index (χ3v) is 22.9. The van der Waals surface area contributed by atoms with Crippen LogP contribution in [0.4, 0.5) is 0 Å². The zero-order valence-electron chi connectivity index (χ0n) is 37.4.